The normalized spacial score (nSPS) is 18.0. The summed E-state index contributed by atoms with van der Waals surface area (Å²) in [4.78, 5) is 2.29. The van der Waals surface area contributed by atoms with E-state index in [1.807, 2.05) is 0 Å². The summed E-state index contributed by atoms with van der Waals surface area (Å²) < 4.78 is 32.5. The first-order valence-corrected chi connectivity index (χ1v) is 11.2. The van der Waals surface area contributed by atoms with Gasteiger partial charge in [-0.15, -0.1) is 5.10 Å². The molecule has 0 unspecified atom stereocenters. The van der Waals surface area contributed by atoms with E-state index in [0.29, 0.717) is 31.9 Å². The largest absolute Gasteiger partial charge is 0.495 e. The molecule has 1 fully saturated rings. The van der Waals surface area contributed by atoms with Crippen molar-refractivity contribution < 1.29 is 13.2 Å². The van der Waals surface area contributed by atoms with Crippen LogP contribution in [0.4, 0.5) is 5.82 Å². The van der Waals surface area contributed by atoms with Gasteiger partial charge < -0.3 is 9.64 Å². The molecule has 0 spiro atoms. The van der Waals surface area contributed by atoms with Crippen LogP contribution in [-0.2, 0) is 22.9 Å². The van der Waals surface area contributed by atoms with E-state index >= 15 is 0 Å². The first kappa shape index (κ1) is 19.4. The summed E-state index contributed by atoms with van der Waals surface area (Å²) in [5.41, 5.74) is 2.38. The maximum atomic E-state index is 13.0. The third-order valence-electron chi connectivity index (χ3n) is 5.38. The fraction of sp³-hybridized carbons (Fsp3) is 0.474. The highest BCUT2D eigenvalue weighted by atomic mass is 35.5. The molecule has 0 N–H and O–H groups in total. The van der Waals surface area contributed by atoms with Crippen molar-refractivity contribution in [2.24, 2.45) is 0 Å². The van der Waals surface area contributed by atoms with E-state index in [4.69, 9.17) is 16.3 Å². The summed E-state index contributed by atoms with van der Waals surface area (Å²) in [6, 6.07) is 6.67. The number of aryl methyl sites for hydroxylation is 2. The standard InChI is InChI=1S/C19H23ClN4O3S/c1-27-18-7-6-15(13-16(18)20)28(25,26)24-10-8-23(9-11-24)19-12-14-4-2-3-5-17(14)21-22-19/h6-7,12-13H,2-5,8-11H2,1H3. The molecule has 0 atom stereocenters. The summed E-state index contributed by atoms with van der Waals surface area (Å²) >= 11 is 6.10. The first-order valence-electron chi connectivity index (χ1n) is 9.43. The number of ether oxygens (including phenoxy) is 1. The van der Waals surface area contributed by atoms with Crippen molar-refractivity contribution in [1.82, 2.24) is 14.5 Å². The molecular formula is C19H23ClN4O3S. The van der Waals surface area contributed by atoms with E-state index in [2.05, 4.69) is 21.2 Å². The number of rotatable bonds is 4. The molecular weight excluding hydrogens is 400 g/mol. The minimum atomic E-state index is -3.60. The van der Waals surface area contributed by atoms with Crippen molar-refractivity contribution in [1.29, 1.82) is 0 Å². The van der Waals surface area contributed by atoms with Crippen LogP contribution in [0.3, 0.4) is 0 Å². The van der Waals surface area contributed by atoms with E-state index in [9.17, 15) is 8.42 Å². The Morgan fingerprint density at radius 3 is 2.50 bits per heavy atom. The van der Waals surface area contributed by atoms with Gasteiger partial charge in [-0.1, -0.05) is 11.6 Å². The third kappa shape index (κ3) is 3.68. The van der Waals surface area contributed by atoms with Crippen molar-refractivity contribution in [3.63, 3.8) is 0 Å². The third-order valence-corrected chi connectivity index (χ3v) is 7.57. The van der Waals surface area contributed by atoms with Gasteiger partial charge in [0.1, 0.15) is 5.75 Å². The smallest absolute Gasteiger partial charge is 0.243 e. The molecule has 7 nitrogen and oxygen atoms in total. The second kappa shape index (κ2) is 7.85. The minimum Gasteiger partial charge on any atom is -0.495 e. The molecule has 0 radical (unpaired) electrons. The first-order chi connectivity index (χ1) is 13.5. The number of methoxy groups -OCH3 is 1. The van der Waals surface area contributed by atoms with Gasteiger partial charge in [-0.2, -0.15) is 9.40 Å². The Kier molecular flexibility index (Phi) is 5.44. The van der Waals surface area contributed by atoms with Gasteiger partial charge >= 0.3 is 0 Å². The molecule has 1 aliphatic heterocycles. The van der Waals surface area contributed by atoms with Gasteiger partial charge in [0, 0.05) is 26.2 Å². The van der Waals surface area contributed by atoms with Gasteiger partial charge in [-0.05, 0) is 55.5 Å². The lowest BCUT2D eigenvalue weighted by molar-refractivity contribution is 0.383. The topological polar surface area (TPSA) is 75.6 Å². The van der Waals surface area contributed by atoms with Gasteiger partial charge in [0.2, 0.25) is 10.0 Å². The Bertz CT molecular complexity index is 975. The average Bonchev–Trinajstić information content (AvgIpc) is 2.73. The van der Waals surface area contributed by atoms with Crippen LogP contribution in [-0.4, -0.2) is 56.2 Å². The highest BCUT2D eigenvalue weighted by Gasteiger charge is 2.30. The number of sulfonamides is 1. The number of piperazine rings is 1. The Hall–Kier alpha value is -1.90. The number of hydrogen-bond acceptors (Lipinski definition) is 6. The number of aromatic nitrogens is 2. The van der Waals surface area contributed by atoms with Crippen LogP contribution in [0, 0.1) is 0 Å². The lowest BCUT2D eigenvalue weighted by Gasteiger charge is -2.34. The van der Waals surface area contributed by atoms with Crippen LogP contribution in [0.25, 0.3) is 0 Å². The number of nitrogens with zero attached hydrogens (tertiary/aromatic N) is 4. The van der Waals surface area contributed by atoms with Crippen LogP contribution >= 0.6 is 11.6 Å². The van der Waals surface area contributed by atoms with E-state index < -0.39 is 10.0 Å². The van der Waals surface area contributed by atoms with Crippen LogP contribution in [0.2, 0.25) is 5.02 Å². The number of halogens is 1. The fourth-order valence-electron chi connectivity index (χ4n) is 3.75. The monoisotopic (exact) mass is 422 g/mol. The molecule has 1 saturated heterocycles. The molecule has 0 bridgehead atoms. The maximum absolute atomic E-state index is 13.0. The van der Waals surface area contributed by atoms with E-state index in [1.165, 1.54) is 42.0 Å². The van der Waals surface area contributed by atoms with Crippen molar-refractivity contribution >= 4 is 27.4 Å². The molecule has 9 heteroatoms. The van der Waals surface area contributed by atoms with Gasteiger partial charge in [-0.3, -0.25) is 0 Å². The van der Waals surface area contributed by atoms with Crippen LogP contribution in [0.1, 0.15) is 24.1 Å². The molecule has 150 valence electrons. The Labute approximate surface area is 170 Å². The maximum Gasteiger partial charge on any atom is 0.243 e. The highest BCUT2D eigenvalue weighted by Crippen LogP contribution is 2.29. The zero-order valence-corrected chi connectivity index (χ0v) is 17.3. The van der Waals surface area contributed by atoms with Crippen molar-refractivity contribution in [2.75, 3.05) is 38.2 Å². The van der Waals surface area contributed by atoms with Gasteiger partial charge in [0.05, 0.1) is 22.7 Å². The summed E-state index contributed by atoms with van der Waals surface area (Å²) in [6.45, 7) is 1.95. The number of anilines is 1. The second-order valence-corrected chi connectivity index (χ2v) is 9.41. The van der Waals surface area contributed by atoms with Crippen molar-refractivity contribution in [3.05, 3.63) is 40.5 Å². The molecule has 2 heterocycles. The molecule has 2 aliphatic rings. The second-order valence-electron chi connectivity index (χ2n) is 7.07. The Morgan fingerprint density at radius 2 is 1.79 bits per heavy atom. The van der Waals surface area contributed by atoms with Crippen molar-refractivity contribution in [2.45, 2.75) is 30.6 Å². The zero-order valence-electron chi connectivity index (χ0n) is 15.8. The summed E-state index contributed by atoms with van der Waals surface area (Å²) in [5, 5.41) is 9.04. The summed E-state index contributed by atoms with van der Waals surface area (Å²) in [6.07, 6.45) is 4.41. The van der Waals surface area contributed by atoms with Crippen molar-refractivity contribution in [3.8, 4) is 5.75 Å². The predicted octanol–water partition coefficient (Wildman–Crippen LogP) is 2.53. The number of hydrogen-bond donors (Lipinski definition) is 0. The van der Waals surface area contributed by atoms with Crippen LogP contribution in [0.5, 0.6) is 5.75 Å². The van der Waals surface area contributed by atoms with Crippen LogP contribution < -0.4 is 9.64 Å². The number of benzene rings is 1. The van der Waals surface area contributed by atoms with Gasteiger partial charge in [0.25, 0.3) is 0 Å². The van der Waals surface area contributed by atoms with Crippen LogP contribution in [0.15, 0.2) is 29.2 Å². The SMILES string of the molecule is COc1ccc(S(=O)(=O)N2CCN(c3cc4c(nn3)CCCC4)CC2)cc1Cl. The highest BCUT2D eigenvalue weighted by molar-refractivity contribution is 7.89. The van der Waals surface area contributed by atoms with Gasteiger partial charge in [-0.25, -0.2) is 8.42 Å². The molecule has 4 rings (SSSR count). The Balaban J connectivity index is 1.47. The van der Waals surface area contributed by atoms with Gasteiger partial charge in [0.15, 0.2) is 5.82 Å². The zero-order chi connectivity index (χ0) is 19.7. The van der Waals surface area contributed by atoms with E-state index in [-0.39, 0.29) is 9.92 Å². The molecule has 1 aromatic carbocycles. The fourth-order valence-corrected chi connectivity index (χ4v) is 5.52. The molecule has 1 aromatic heterocycles. The summed E-state index contributed by atoms with van der Waals surface area (Å²) in [5.74, 6) is 1.29. The predicted molar refractivity (Wildman–Crippen MR) is 108 cm³/mol. The average molecular weight is 423 g/mol. The molecule has 0 saturated carbocycles. The molecule has 2 aromatic rings. The molecule has 0 amide bonds. The lowest BCUT2D eigenvalue weighted by Crippen LogP contribution is -2.49. The Morgan fingerprint density at radius 1 is 1.04 bits per heavy atom. The van der Waals surface area contributed by atoms with E-state index in [0.717, 1.165) is 24.4 Å². The molecule has 1 aliphatic carbocycles. The molecule has 28 heavy (non-hydrogen) atoms. The minimum absolute atomic E-state index is 0.181. The lowest BCUT2D eigenvalue weighted by atomic mass is 9.97. The summed E-state index contributed by atoms with van der Waals surface area (Å²) in [7, 11) is -2.10. The van der Waals surface area contributed by atoms with E-state index in [1.54, 1.807) is 6.07 Å². The number of fused-ring (bicyclic) bond motifs is 1. The quantitative estimate of drug-likeness (QED) is 0.753.